The van der Waals surface area contributed by atoms with Crippen molar-refractivity contribution in [3.05, 3.63) is 41.8 Å². The van der Waals surface area contributed by atoms with Crippen LogP contribution in [0.25, 0.3) is 0 Å². The summed E-state index contributed by atoms with van der Waals surface area (Å²) in [4.78, 5) is 0. The van der Waals surface area contributed by atoms with Crippen molar-refractivity contribution >= 4 is 34.8 Å². The van der Waals surface area contributed by atoms with Crippen LogP contribution in [-0.2, 0) is 3.79 Å². The summed E-state index contributed by atoms with van der Waals surface area (Å²) in [7, 11) is 0. The van der Waals surface area contributed by atoms with E-state index >= 15 is 0 Å². The van der Waals surface area contributed by atoms with Crippen LogP contribution in [0.3, 0.4) is 0 Å². The summed E-state index contributed by atoms with van der Waals surface area (Å²) in [6, 6.07) is 7.44. The van der Waals surface area contributed by atoms with E-state index in [4.69, 9.17) is 34.8 Å². The first-order chi connectivity index (χ1) is 5.54. The number of halogens is 3. The number of rotatable bonds is 1. The van der Waals surface area contributed by atoms with E-state index in [0.717, 1.165) is 5.56 Å². The Kier molecular flexibility index (Phi) is 3.28. The molecule has 65 valence electrons. The van der Waals surface area contributed by atoms with Crippen molar-refractivity contribution in [1.82, 2.24) is 0 Å². The first-order valence-corrected chi connectivity index (χ1v) is 4.64. The molecule has 0 saturated heterocycles. The van der Waals surface area contributed by atoms with Crippen LogP contribution in [0.5, 0.6) is 0 Å². The lowest BCUT2D eigenvalue weighted by Crippen LogP contribution is -1.99. The first-order valence-electron chi connectivity index (χ1n) is 3.50. The van der Waals surface area contributed by atoms with E-state index < -0.39 is 3.79 Å². The molecule has 0 aliphatic rings. The number of alkyl halides is 3. The molecule has 0 spiro atoms. The number of hydrogen-bond donors (Lipinski definition) is 0. The second kappa shape index (κ2) is 3.87. The third-order valence-electron chi connectivity index (χ3n) is 1.57. The third kappa shape index (κ3) is 2.55. The molecule has 0 fully saturated rings. The second-order valence-corrected chi connectivity index (χ2v) is 4.69. The lowest BCUT2D eigenvalue weighted by molar-refractivity contribution is 1.23. The first kappa shape index (κ1) is 10.2. The molecule has 0 amide bonds. The van der Waals surface area contributed by atoms with E-state index in [1.807, 2.05) is 37.6 Å². The molecule has 1 radical (unpaired) electrons. The molecule has 12 heavy (non-hydrogen) atoms. The molecule has 0 saturated carbocycles. The zero-order valence-corrected chi connectivity index (χ0v) is 8.79. The third-order valence-corrected chi connectivity index (χ3v) is 2.23. The van der Waals surface area contributed by atoms with Crippen molar-refractivity contribution in [1.29, 1.82) is 0 Å². The SMILES string of the molecule is C[CH]c1ccc(C(Cl)(Cl)Cl)cc1. The van der Waals surface area contributed by atoms with Crippen LogP contribution in [0.1, 0.15) is 18.1 Å². The predicted octanol–water partition coefficient (Wildman–Crippen LogP) is 4.09. The average Bonchev–Trinajstić information content (AvgIpc) is 2.03. The Balaban J connectivity index is 2.93. The summed E-state index contributed by atoms with van der Waals surface area (Å²) in [5, 5.41) is 0. The van der Waals surface area contributed by atoms with E-state index in [1.54, 1.807) is 0 Å². The van der Waals surface area contributed by atoms with Gasteiger partial charge in [0.15, 0.2) is 0 Å². The summed E-state index contributed by atoms with van der Waals surface area (Å²) in [5.41, 5.74) is 1.81. The van der Waals surface area contributed by atoms with Crippen LogP contribution in [0.2, 0.25) is 0 Å². The van der Waals surface area contributed by atoms with E-state index in [1.165, 1.54) is 0 Å². The maximum absolute atomic E-state index is 5.67. The fourth-order valence-electron chi connectivity index (χ4n) is 0.865. The Morgan fingerprint density at radius 1 is 1.08 bits per heavy atom. The van der Waals surface area contributed by atoms with Crippen LogP contribution < -0.4 is 0 Å². The molecule has 1 aromatic rings. The van der Waals surface area contributed by atoms with Crippen LogP contribution >= 0.6 is 34.8 Å². The van der Waals surface area contributed by atoms with Gasteiger partial charge in [0.2, 0.25) is 3.79 Å². The van der Waals surface area contributed by atoms with Gasteiger partial charge >= 0.3 is 0 Å². The molecule has 1 aromatic carbocycles. The zero-order chi connectivity index (χ0) is 9.19. The Hall–Kier alpha value is 0.0900. The van der Waals surface area contributed by atoms with Gasteiger partial charge < -0.3 is 0 Å². The van der Waals surface area contributed by atoms with Gasteiger partial charge in [0.25, 0.3) is 0 Å². The fourth-order valence-corrected chi connectivity index (χ4v) is 1.24. The Labute approximate surface area is 87.4 Å². The van der Waals surface area contributed by atoms with Crippen LogP contribution in [-0.4, -0.2) is 0 Å². The second-order valence-electron chi connectivity index (χ2n) is 2.41. The normalized spacial score (nSPS) is 11.7. The van der Waals surface area contributed by atoms with Crippen molar-refractivity contribution < 1.29 is 0 Å². The highest BCUT2D eigenvalue weighted by atomic mass is 35.6. The topological polar surface area (TPSA) is 0 Å². The number of benzene rings is 1. The maximum Gasteiger partial charge on any atom is 0.216 e. The molecule has 0 nitrogen and oxygen atoms in total. The van der Waals surface area contributed by atoms with Crippen molar-refractivity contribution in [3.8, 4) is 0 Å². The minimum atomic E-state index is -1.31. The molecule has 0 heterocycles. The largest absolute Gasteiger partial charge is 0.216 e. The molecule has 3 heteroatoms. The summed E-state index contributed by atoms with van der Waals surface area (Å²) in [6.07, 6.45) is 1.99. The highest BCUT2D eigenvalue weighted by Crippen LogP contribution is 2.37. The molecular weight excluding hydrogens is 214 g/mol. The van der Waals surface area contributed by atoms with Crippen molar-refractivity contribution in [2.75, 3.05) is 0 Å². The monoisotopic (exact) mass is 221 g/mol. The van der Waals surface area contributed by atoms with Crippen LogP contribution in [0.4, 0.5) is 0 Å². The molecule has 0 atom stereocenters. The minimum Gasteiger partial charge on any atom is -0.0784 e. The Morgan fingerprint density at radius 2 is 1.58 bits per heavy atom. The lowest BCUT2D eigenvalue weighted by Gasteiger charge is -2.10. The lowest BCUT2D eigenvalue weighted by atomic mass is 10.1. The smallest absolute Gasteiger partial charge is 0.0784 e. The zero-order valence-electron chi connectivity index (χ0n) is 6.52. The van der Waals surface area contributed by atoms with Crippen LogP contribution in [0.15, 0.2) is 24.3 Å². The molecular formula is C9H8Cl3. The van der Waals surface area contributed by atoms with Gasteiger partial charge in [-0.3, -0.25) is 0 Å². The summed E-state index contributed by atoms with van der Waals surface area (Å²) < 4.78 is -1.31. The van der Waals surface area contributed by atoms with E-state index in [0.29, 0.717) is 5.56 Å². The number of hydrogen-bond acceptors (Lipinski definition) is 0. The molecule has 0 aliphatic carbocycles. The minimum absolute atomic E-state index is 0.693. The van der Waals surface area contributed by atoms with E-state index in [-0.39, 0.29) is 0 Å². The molecule has 1 rings (SSSR count). The van der Waals surface area contributed by atoms with Crippen molar-refractivity contribution in [3.63, 3.8) is 0 Å². The maximum atomic E-state index is 5.67. The van der Waals surface area contributed by atoms with Gasteiger partial charge in [-0.15, -0.1) is 0 Å². The summed E-state index contributed by atoms with van der Waals surface area (Å²) in [6.45, 7) is 1.96. The average molecular weight is 223 g/mol. The standard InChI is InChI=1S/C9H8Cl3/c1-2-7-3-5-8(6-4-7)9(10,11)12/h2-6H,1H3. The molecule has 0 aliphatic heterocycles. The van der Waals surface area contributed by atoms with Crippen molar-refractivity contribution in [2.45, 2.75) is 10.7 Å². The van der Waals surface area contributed by atoms with E-state index in [9.17, 15) is 0 Å². The van der Waals surface area contributed by atoms with Crippen LogP contribution in [0, 0.1) is 6.42 Å². The molecule has 0 bridgehead atoms. The predicted molar refractivity (Wildman–Crippen MR) is 54.8 cm³/mol. The van der Waals surface area contributed by atoms with Crippen molar-refractivity contribution in [2.24, 2.45) is 0 Å². The molecule has 0 aromatic heterocycles. The summed E-state index contributed by atoms with van der Waals surface area (Å²) in [5.74, 6) is 0. The van der Waals surface area contributed by atoms with Gasteiger partial charge in [-0.2, -0.15) is 0 Å². The van der Waals surface area contributed by atoms with Gasteiger partial charge in [0.1, 0.15) is 0 Å². The van der Waals surface area contributed by atoms with E-state index in [2.05, 4.69) is 0 Å². The van der Waals surface area contributed by atoms with Gasteiger partial charge in [-0.1, -0.05) is 66.0 Å². The fraction of sp³-hybridized carbons (Fsp3) is 0.222. The Bertz CT molecular complexity index is 245. The Morgan fingerprint density at radius 3 is 1.92 bits per heavy atom. The quantitative estimate of drug-likeness (QED) is 0.628. The highest BCUT2D eigenvalue weighted by Gasteiger charge is 2.21. The molecule has 0 unspecified atom stereocenters. The van der Waals surface area contributed by atoms with Gasteiger partial charge in [0.05, 0.1) is 0 Å². The summed E-state index contributed by atoms with van der Waals surface area (Å²) >= 11 is 17.0. The van der Waals surface area contributed by atoms with Gasteiger partial charge in [0, 0.05) is 5.56 Å². The van der Waals surface area contributed by atoms with Gasteiger partial charge in [-0.05, 0) is 12.0 Å². The highest BCUT2D eigenvalue weighted by molar-refractivity contribution is 6.66. The molecule has 0 N–H and O–H groups in total. The van der Waals surface area contributed by atoms with Gasteiger partial charge in [-0.25, -0.2) is 0 Å².